The Balaban J connectivity index is 0.00000147. The van der Waals surface area contributed by atoms with Crippen LogP contribution in [0.3, 0.4) is 0 Å². The second-order valence-electron chi connectivity index (χ2n) is 6.17. The summed E-state index contributed by atoms with van der Waals surface area (Å²) in [5, 5.41) is 0.883. The molecule has 1 aliphatic heterocycles. The van der Waals surface area contributed by atoms with Crippen LogP contribution in [0, 0.1) is 11.8 Å². The van der Waals surface area contributed by atoms with Crippen molar-refractivity contribution < 1.29 is 0 Å². The molecule has 0 amide bonds. The van der Waals surface area contributed by atoms with Gasteiger partial charge in [0, 0.05) is 30.2 Å². The van der Waals surface area contributed by atoms with Gasteiger partial charge in [-0.25, -0.2) is 0 Å². The summed E-state index contributed by atoms with van der Waals surface area (Å²) in [6.45, 7) is 4.59. The quantitative estimate of drug-likeness (QED) is 0.897. The van der Waals surface area contributed by atoms with Crippen molar-refractivity contribution in [3.05, 3.63) is 34.9 Å². The summed E-state index contributed by atoms with van der Waals surface area (Å²) in [5.41, 5.74) is 7.54. The molecule has 1 aromatic rings. The van der Waals surface area contributed by atoms with Gasteiger partial charge in [0.2, 0.25) is 0 Å². The van der Waals surface area contributed by atoms with Gasteiger partial charge in [0.05, 0.1) is 0 Å². The normalized spacial score (nSPS) is 31.4. The summed E-state index contributed by atoms with van der Waals surface area (Å²) >= 11 is 6.33. The average Bonchev–Trinajstić information content (AvgIpc) is 2.84. The Morgan fingerprint density at radius 2 is 2.00 bits per heavy atom. The third-order valence-electron chi connectivity index (χ3n) is 5.09. The lowest BCUT2D eigenvalue weighted by molar-refractivity contribution is 0.245. The number of benzene rings is 1. The Bertz CT molecular complexity index is 452. The highest BCUT2D eigenvalue weighted by atomic mass is 35.5. The van der Waals surface area contributed by atoms with Crippen molar-refractivity contribution in [2.75, 3.05) is 13.1 Å². The van der Waals surface area contributed by atoms with Gasteiger partial charge in [-0.2, -0.15) is 0 Å². The average molecular weight is 315 g/mol. The molecule has 0 bridgehead atoms. The Morgan fingerprint density at radius 1 is 1.25 bits per heavy atom. The van der Waals surface area contributed by atoms with Gasteiger partial charge in [0.1, 0.15) is 0 Å². The predicted octanol–water partition coefficient (Wildman–Crippen LogP) is 3.88. The van der Waals surface area contributed by atoms with Crippen molar-refractivity contribution in [3.8, 4) is 0 Å². The lowest BCUT2D eigenvalue weighted by Gasteiger charge is -2.30. The van der Waals surface area contributed by atoms with Crippen LogP contribution in [0.2, 0.25) is 5.02 Å². The van der Waals surface area contributed by atoms with Crippen molar-refractivity contribution in [1.82, 2.24) is 4.90 Å². The molecular weight excluding hydrogens is 291 g/mol. The summed E-state index contributed by atoms with van der Waals surface area (Å²) in [4.78, 5) is 2.57. The van der Waals surface area contributed by atoms with Gasteiger partial charge in [-0.3, -0.25) is 4.90 Å². The lowest BCUT2D eigenvalue weighted by atomic mass is 9.78. The summed E-state index contributed by atoms with van der Waals surface area (Å²) in [5.74, 6) is 1.49. The van der Waals surface area contributed by atoms with Crippen LogP contribution < -0.4 is 5.73 Å². The molecule has 4 heteroatoms. The standard InChI is InChI=1S/C16H23ClN2.ClH/c1-11(13-6-2-3-7-15(13)17)19-9-12-5-4-8-16(18)14(12)10-19;/h2-3,6-7,11-12,14,16H,4-5,8-10,18H2,1H3;1H. The van der Waals surface area contributed by atoms with E-state index >= 15 is 0 Å². The van der Waals surface area contributed by atoms with Crippen LogP contribution in [-0.4, -0.2) is 24.0 Å². The Kier molecular flexibility index (Phi) is 5.36. The molecule has 0 radical (unpaired) electrons. The number of nitrogens with two attached hydrogens (primary N) is 1. The van der Waals surface area contributed by atoms with Crippen LogP contribution in [0.15, 0.2) is 24.3 Å². The molecule has 2 aliphatic rings. The predicted molar refractivity (Wildman–Crippen MR) is 87.5 cm³/mol. The van der Waals surface area contributed by atoms with Crippen molar-refractivity contribution >= 4 is 24.0 Å². The summed E-state index contributed by atoms with van der Waals surface area (Å²) < 4.78 is 0. The Labute approximate surface area is 133 Å². The zero-order valence-corrected chi connectivity index (χ0v) is 13.5. The summed E-state index contributed by atoms with van der Waals surface area (Å²) in [6.07, 6.45) is 3.86. The molecule has 4 unspecified atom stereocenters. The van der Waals surface area contributed by atoms with Crippen LogP contribution >= 0.6 is 24.0 Å². The fourth-order valence-electron chi connectivity index (χ4n) is 3.88. The maximum absolute atomic E-state index is 6.33. The van der Waals surface area contributed by atoms with E-state index in [1.807, 2.05) is 12.1 Å². The molecule has 2 N–H and O–H groups in total. The summed E-state index contributed by atoms with van der Waals surface area (Å²) in [6, 6.07) is 9.01. The maximum atomic E-state index is 6.33. The minimum absolute atomic E-state index is 0. The number of hydrogen-bond acceptors (Lipinski definition) is 2. The number of halogens is 2. The van der Waals surface area contributed by atoms with Crippen LogP contribution in [0.4, 0.5) is 0 Å². The van der Waals surface area contributed by atoms with Crippen molar-refractivity contribution in [2.45, 2.75) is 38.3 Å². The Morgan fingerprint density at radius 3 is 2.70 bits per heavy atom. The first-order valence-corrected chi connectivity index (χ1v) is 7.78. The molecule has 2 nitrogen and oxygen atoms in total. The van der Waals surface area contributed by atoms with Gasteiger partial charge < -0.3 is 5.73 Å². The number of likely N-dealkylation sites (tertiary alicyclic amines) is 1. The van der Waals surface area contributed by atoms with E-state index in [1.54, 1.807) is 0 Å². The maximum Gasteiger partial charge on any atom is 0.0453 e. The first kappa shape index (κ1) is 16.1. The number of fused-ring (bicyclic) bond motifs is 1. The van der Waals surface area contributed by atoms with Crippen LogP contribution in [-0.2, 0) is 0 Å². The van der Waals surface area contributed by atoms with E-state index in [0.717, 1.165) is 17.5 Å². The van der Waals surface area contributed by atoms with E-state index in [0.29, 0.717) is 18.0 Å². The number of hydrogen-bond donors (Lipinski definition) is 1. The lowest BCUT2D eigenvalue weighted by Crippen LogP contribution is -2.38. The van der Waals surface area contributed by atoms with Gasteiger partial charge in [0.15, 0.2) is 0 Å². The number of rotatable bonds is 2. The van der Waals surface area contributed by atoms with Crippen molar-refractivity contribution in [1.29, 1.82) is 0 Å². The molecule has 112 valence electrons. The van der Waals surface area contributed by atoms with E-state index in [4.69, 9.17) is 17.3 Å². The third kappa shape index (κ3) is 2.99. The van der Waals surface area contributed by atoms with Crippen molar-refractivity contribution in [2.24, 2.45) is 17.6 Å². The second kappa shape index (κ2) is 6.65. The monoisotopic (exact) mass is 314 g/mol. The molecule has 0 spiro atoms. The second-order valence-corrected chi connectivity index (χ2v) is 6.58. The molecule has 1 saturated heterocycles. The summed E-state index contributed by atoms with van der Waals surface area (Å²) in [7, 11) is 0. The molecular formula is C16H24Cl2N2. The smallest absolute Gasteiger partial charge is 0.0453 e. The largest absolute Gasteiger partial charge is 0.327 e. The Hall–Kier alpha value is -0.280. The molecule has 1 aliphatic carbocycles. The van der Waals surface area contributed by atoms with E-state index < -0.39 is 0 Å². The molecule has 4 atom stereocenters. The zero-order valence-electron chi connectivity index (χ0n) is 12.0. The number of nitrogens with zero attached hydrogens (tertiary/aromatic N) is 1. The molecule has 1 heterocycles. The van der Waals surface area contributed by atoms with Gasteiger partial charge in [0.25, 0.3) is 0 Å². The molecule has 1 aromatic carbocycles. The highest BCUT2D eigenvalue weighted by molar-refractivity contribution is 6.31. The first-order chi connectivity index (χ1) is 9.16. The van der Waals surface area contributed by atoms with Crippen LogP contribution in [0.1, 0.15) is 37.8 Å². The van der Waals surface area contributed by atoms with Crippen LogP contribution in [0.25, 0.3) is 0 Å². The van der Waals surface area contributed by atoms with E-state index in [9.17, 15) is 0 Å². The third-order valence-corrected chi connectivity index (χ3v) is 5.43. The van der Waals surface area contributed by atoms with E-state index in [-0.39, 0.29) is 12.4 Å². The van der Waals surface area contributed by atoms with Gasteiger partial charge in [-0.15, -0.1) is 12.4 Å². The minimum atomic E-state index is 0. The molecule has 0 aromatic heterocycles. The zero-order chi connectivity index (χ0) is 13.4. The van der Waals surface area contributed by atoms with Crippen molar-refractivity contribution in [3.63, 3.8) is 0 Å². The first-order valence-electron chi connectivity index (χ1n) is 7.41. The molecule has 3 rings (SSSR count). The van der Waals surface area contributed by atoms with Gasteiger partial charge in [-0.05, 0) is 43.2 Å². The SMILES string of the molecule is CC(c1ccccc1Cl)N1CC2CCCC(N)C2C1.Cl. The highest BCUT2D eigenvalue weighted by Gasteiger charge is 2.40. The topological polar surface area (TPSA) is 29.3 Å². The fourth-order valence-corrected chi connectivity index (χ4v) is 4.17. The highest BCUT2D eigenvalue weighted by Crippen LogP contribution is 2.39. The van der Waals surface area contributed by atoms with Gasteiger partial charge in [-0.1, -0.05) is 36.2 Å². The van der Waals surface area contributed by atoms with E-state index in [1.165, 1.54) is 31.4 Å². The van der Waals surface area contributed by atoms with Crippen LogP contribution in [0.5, 0.6) is 0 Å². The fraction of sp³-hybridized carbons (Fsp3) is 0.625. The minimum Gasteiger partial charge on any atom is -0.327 e. The molecule has 20 heavy (non-hydrogen) atoms. The molecule has 2 fully saturated rings. The van der Waals surface area contributed by atoms with Gasteiger partial charge >= 0.3 is 0 Å². The van der Waals surface area contributed by atoms with E-state index in [2.05, 4.69) is 24.0 Å². The molecule has 1 saturated carbocycles.